The lowest BCUT2D eigenvalue weighted by molar-refractivity contribution is 0.493. The zero-order chi connectivity index (χ0) is 13.9. The third kappa shape index (κ3) is 3.02. The molecule has 0 saturated heterocycles. The van der Waals surface area contributed by atoms with E-state index in [1.165, 1.54) is 6.07 Å². The molecular formula is C15H25FN2. The van der Waals surface area contributed by atoms with Crippen molar-refractivity contribution in [1.82, 2.24) is 5.32 Å². The normalized spacial score (nSPS) is 14.7. The number of hydrogen-bond donors (Lipinski definition) is 1. The number of halogens is 1. The topological polar surface area (TPSA) is 15.3 Å². The first-order chi connectivity index (χ1) is 8.40. The number of para-hydroxylation sites is 1. The summed E-state index contributed by atoms with van der Waals surface area (Å²) in [5, 5.41) is 3.18. The molecule has 18 heavy (non-hydrogen) atoms. The minimum Gasteiger partial charge on any atom is -0.369 e. The van der Waals surface area contributed by atoms with Gasteiger partial charge in [-0.2, -0.15) is 0 Å². The number of benzene rings is 1. The number of rotatable bonds is 5. The van der Waals surface area contributed by atoms with Crippen molar-refractivity contribution in [2.75, 3.05) is 19.0 Å². The smallest absolute Gasteiger partial charge is 0.146 e. The van der Waals surface area contributed by atoms with E-state index in [0.717, 1.165) is 5.56 Å². The van der Waals surface area contributed by atoms with Crippen LogP contribution in [0.3, 0.4) is 0 Å². The molecule has 1 N–H and O–H groups in total. The number of hydrogen-bond acceptors (Lipinski definition) is 2. The first kappa shape index (κ1) is 15.0. The van der Waals surface area contributed by atoms with Gasteiger partial charge in [0, 0.05) is 19.1 Å². The second-order valence-corrected chi connectivity index (χ2v) is 5.28. The predicted molar refractivity (Wildman–Crippen MR) is 76.6 cm³/mol. The molecule has 2 unspecified atom stereocenters. The standard InChI is InChI=1S/C15H25FN2/c1-10(2)12(4)18(6)15-13(11(3)17-5)8-7-9-14(15)16/h7-12,17H,1-6H3. The maximum atomic E-state index is 14.2. The maximum absolute atomic E-state index is 14.2. The molecule has 0 radical (unpaired) electrons. The van der Waals surface area contributed by atoms with E-state index in [1.54, 1.807) is 6.07 Å². The van der Waals surface area contributed by atoms with Crippen molar-refractivity contribution in [2.45, 2.75) is 39.8 Å². The van der Waals surface area contributed by atoms with Crippen LogP contribution in [0.15, 0.2) is 18.2 Å². The van der Waals surface area contributed by atoms with Crippen LogP contribution in [0, 0.1) is 11.7 Å². The van der Waals surface area contributed by atoms with Crippen LogP contribution in [0.4, 0.5) is 10.1 Å². The highest BCUT2D eigenvalue weighted by Gasteiger charge is 2.21. The predicted octanol–water partition coefficient (Wildman–Crippen LogP) is 3.59. The molecule has 0 aliphatic rings. The van der Waals surface area contributed by atoms with Crippen LogP contribution < -0.4 is 10.2 Å². The summed E-state index contributed by atoms with van der Waals surface area (Å²) in [6, 6.07) is 5.73. The van der Waals surface area contributed by atoms with E-state index in [4.69, 9.17) is 0 Å². The van der Waals surface area contributed by atoms with E-state index in [0.29, 0.717) is 17.6 Å². The van der Waals surface area contributed by atoms with Crippen molar-refractivity contribution in [3.05, 3.63) is 29.6 Å². The van der Waals surface area contributed by atoms with Crippen LogP contribution in [0.1, 0.15) is 39.3 Å². The first-order valence-corrected chi connectivity index (χ1v) is 6.58. The summed E-state index contributed by atoms with van der Waals surface area (Å²) in [5.41, 5.74) is 1.72. The van der Waals surface area contributed by atoms with Crippen molar-refractivity contribution in [1.29, 1.82) is 0 Å². The summed E-state index contributed by atoms with van der Waals surface area (Å²) < 4.78 is 14.2. The molecule has 0 fully saturated rings. The van der Waals surface area contributed by atoms with Crippen LogP contribution in [0.5, 0.6) is 0 Å². The Kier molecular flexibility index (Phi) is 5.15. The summed E-state index contributed by atoms with van der Waals surface area (Å²) in [7, 11) is 3.86. The Labute approximate surface area is 110 Å². The second-order valence-electron chi connectivity index (χ2n) is 5.28. The zero-order valence-corrected chi connectivity index (χ0v) is 12.3. The van der Waals surface area contributed by atoms with E-state index in [-0.39, 0.29) is 11.9 Å². The molecule has 1 aromatic carbocycles. The van der Waals surface area contributed by atoms with Gasteiger partial charge in [-0.3, -0.25) is 0 Å². The highest BCUT2D eigenvalue weighted by molar-refractivity contribution is 5.56. The molecule has 0 amide bonds. The van der Waals surface area contributed by atoms with Gasteiger partial charge in [0.25, 0.3) is 0 Å². The monoisotopic (exact) mass is 252 g/mol. The highest BCUT2D eigenvalue weighted by atomic mass is 19.1. The van der Waals surface area contributed by atoms with Gasteiger partial charge in [-0.25, -0.2) is 4.39 Å². The second kappa shape index (κ2) is 6.19. The lowest BCUT2D eigenvalue weighted by Gasteiger charge is -2.33. The van der Waals surface area contributed by atoms with Gasteiger partial charge in [0.2, 0.25) is 0 Å². The van der Waals surface area contributed by atoms with Crippen LogP contribution in [-0.4, -0.2) is 20.1 Å². The number of nitrogens with zero attached hydrogens (tertiary/aromatic N) is 1. The molecule has 2 nitrogen and oxygen atoms in total. The molecule has 1 aromatic rings. The molecule has 2 atom stereocenters. The van der Waals surface area contributed by atoms with E-state index in [2.05, 4.69) is 26.1 Å². The van der Waals surface area contributed by atoms with Gasteiger partial charge in [0.1, 0.15) is 5.82 Å². The van der Waals surface area contributed by atoms with Gasteiger partial charge in [-0.15, -0.1) is 0 Å². The molecule has 0 aromatic heterocycles. The molecule has 3 heteroatoms. The first-order valence-electron chi connectivity index (χ1n) is 6.58. The molecule has 102 valence electrons. The lowest BCUT2D eigenvalue weighted by Crippen LogP contribution is -2.35. The SMILES string of the molecule is CNC(C)c1cccc(F)c1N(C)C(C)C(C)C. The van der Waals surface area contributed by atoms with E-state index >= 15 is 0 Å². The van der Waals surface area contributed by atoms with Crippen molar-refractivity contribution in [3.63, 3.8) is 0 Å². The summed E-state index contributed by atoms with van der Waals surface area (Å²) in [6.45, 7) is 8.49. The summed E-state index contributed by atoms with van der Waals surface area (Å²) >= 11 is 0. The maximum Gasteiger partial charge on any atom is 0.146 e. The average Bonchev–Trinajstić information content (AvgIpc) is 2.35. The van der Waals surface area contributed by atoms with Gasteiger partial charge < -0.3 is 10.2 Å². The fourth-order valence-electron chi connectivity index (χ4n) is 2.06. The number of nitrogens with one attached hydrogen (secondary N) is 1. The molecule has 1 rings (SSSR count). The van der Waals surface area contributed by atoms with Gasteiger partial charge in [-0.1, -0.05) is 26.0 Å². The number of anilines is 1. The average molecular weight is 252 g/mol. The van der Waals surface area contributed by atoms with Crippen molar-refractivity contribution in [2.24, 2.45) is 5.92 Å². The summed E-state index contributed by atoms with van der Waals surface area (Å²) in [5.74, 6) is 0.331. The third-order valence-electron chi connectivity index (χ3n) is 3.85. The zero-order valence-electron chi connectivity index (χ0n) is 12.3. The third-order valence-corrected chi connectivity index (χ3v) is 3.85. The van der Waals surface area contributed by atoms with Crippen molar-refractivity contribution < 1.29 is 4.39 Å². The molecular weight excluding hydrogens is 227 g/mol. The quantitative estimate of drug-likeness (QED) is 0.861. The van der Waals surface area contributed by atoms with Crippen LogP contribution in [0.2, 0.25) is 0 Å². The van der Waals surface area contributed by atoms with Crippen LogP contribution in [-0.2, 0) is 0 Å². The lowest BCUT2D eigenvalue weighted by atomic mass is 10.0. The Morgan fingerprint density at radius 1 is 1.17 bits per heavy atom. The Balaban J connectivity index is 3.21. The van der Waals surface area contributed by atoms with Crippen LogP contribution in [0.25, 0.3) is 0 Å². The Morgan fingerprint density at radius 2 is 1.78 bits per heavy atom. The summed E-state index contributed by atoms with van der Waals surface area (Å²) in [4.78, 5) is 2.04. The molecule has 0 spiro atoms. The highest BCUT2D eigenvalue weighted by Crippen LogP contribution is 2.30. The van der Waals surface area contributed by atoms with E-state index in [1.807, 2.05) is 32.0 Å². The Morgan fingerprint density at radius 3 is 2.28 bits per heavy atom. The van der Waals surface area contributed by atoms with Crippen molar-refractivity contribution >= 4 is 5.69 Å². The van der Waals surface area contributed by atoms with Gasteiger partial charge in [0.15, 0.2) is 0 Å². The Hall–Kier alpha value is -1.09. The molecule has 0 aliphatic carbocycles. The van der Waals surface area contributed by atoms with Gasteiger partial charge >= 0.3 is 0 Å². The van der Waals surface area contributed by atoms with Crippen molar-refractivity contribution in [3.8, 4) is 0 Å². The fraction of sp³-hybridized carbons (Fsp3) is 0.600. The minimum atomic E-state index is -0.149. The molecule has 0 aliphatic heterocycles. The van der Waals surface area contributed by atoms with Gasteiger partial charge in [-0.05, 0) is 38.4 Å². The fourth-order valence-corrected chi connectivity index (χ4v) is 2.06. The minimum absolute atomic E-state index is 0.137. The van der Waals surface area contributed by atoms with Crippen LogP contribution >= 0.6 is 0 Å². The summed E-state index contributed by atoms with van der Waals surface area (Å²) in [6.07, 6.45) is 0. The molecule has 0 heterocycles. The van der Waals surface area contributed by atoms with E-state index in [9.17, 15) is 4.39 Å². The molecule has 0 bridgehead atoms. The van der Waals surface area contributed by atoms with Gasteiger partial charge in [0.05, 0.1) is 5.69 Å². The molecule has 0 saturated carbocycles. The Bertz CT molecular complexity index is 390. The largest absolute Gasteiger partial charge is 0.369 e. The van der Waals surface area contributed by atoms with E-state index < -0.39 is 0 Å².